The monoisotopic (exact) mass is 508 g/mol. The molecule has 4 bridgehead atoms. The third kappa shape index (κ3) is 4.10. The number of sulfonamides is 1. The van der Waals surface area contributed by atoms with Crippen molar-refractivity contribution in [1.82, 2.24) is 10.0 Å². The lowest BCUT2D eigenvalue weighted by atomic mass is 9.42. The van der Waals surface area contributed by atoms with Gasteiger partial charge in [0.15, 0.2) is 5.78 Å². The summed E-state index contributed by atoms with van der Waals surface area (Å²) in [6.45, 7) is 0.154. The molecule has 0 aliphatic heterocycles. The molecule has 7 nitrogen and oxygen atoms in total. The second-order valence-electron chi connectivity index (χ2n) is 11.3. The van der Waals surface area contributed by atoms with Gasteiger partial charge < -0.3 is 10.4 Å². The molecule has 0 spiro atoms. The summed E-state index contributed by atoms with van der Waals surface area (Å²) < 4.78 is 29.0. The first-order chi connectivity index (χ1) is 16.1. The number of hydrogen-bond acceptors (Lipinski definition) is 5. The van der Waals surface area contributed by atoms with Gasteiger partial charge in [0.1, 0.15) is 4.90 Å². The first-order valence-corrected chi connectivity index (χ1v) is 14.2. The van der Waals surface area contributed by atoms with Crippen LogP contribution in [-0.4, -0.2) is 43.9 Å². The zero-order valence-electron chi connectivity index (χ0n) is 19.3. The maximum absolute atomic E-state index is 13.8. The molecule has 5 aliphatic carbocycles. The summed E-state index contributed by atoms with van der Waals surface area (Å²) in [6.07, 6.45) is 7.40. The van der Waals surface area contributed by atoms with E-state index in [4.69, 9.17) is 16.7 Å². The second-order valence-corrected chi connectivity index (χ2v) is 13.4. The maximum Gasteiger partial charge on any atom is 0.242 e. The van der Waals surface area contributed by atoms with E-state index >= 15 is 0 Å². The van der Waals surface area contributed by atoms with Crippen molar-refractivity contribution in [2.24, 2.45) is 22.7 Å². The lowest BCUT2D eigenvalue weighted by molar-refractivity contribution is -0.162. The molecule has 2 atom stereocenters. The SMILES string of the molecule is O=C(NCCO)C12CC3CC(CC(CC(=O)C4(NS(=O)(=O)c5ccccc5Cl)CCC4)(C3)C1)C2. The molecule has 0 aromatic heterocycles. The van der Waals surface area contributed by atoms with Crippen molar-refractivity contribution < 1.29 is 23.1 Å². The van der Waals surface area contributed by atoms with Crippen LogP contribution in [0.2, 0.25) is 5.02 Å². The standard InChI is InChI=1S/C25H33ClN2O5S/c26-19-4-1-2-5-20(19)34(32,33)28-25(6-3-7-25)21(30)15-23-11-17-10-18(12-23)14-24(13-17,16-23)22(31)27-8-9-29/h1-2,4-5,17-18,28-29H,3,6-16H2,(H,27,31). The van der Waals surface area contributed by atoms with Gasteiger partial charge in [-0.3, -0.25) is 9.59 Å². The lowest BCUT2D eigenvalue weighted by Crippen LogP contribution is -2.62. The molecule has 0 heterocycles. The highest BCUT2D eigenvalue weighted by Crippen LogP contribution is 2.66. The van der Waals surface area contributed by atoms with Gasteiger partial charge in [-0.1, -0.05) is 23.7 Å². The summed E-state index contributed by atoms with van der Waals surface area (Å²) in [6, 6.07) is 6.27. The van der Waals surface area contributed by atoms with Gasteiger partial charge in [0, 0.05) is 13.0 Å². The largest absolute Gasteiger partial charge is 0.395 e. The van der Waals surface area contributed by atoms with Crippen molar-refractivity contribution in [2.45, 2.75) is 74.6 Å². The Morgan fingerprint density at radius 1 is 1.09 bits per heavy atom. The van der Waals surface area contributed by atoms with Crippen molar-refractivity contribution in [2.75, 3.05) is 13.2 Å². The van der Waals surface area contributed by atoms with E-state index < -0.39 is 21.0 Å². The van der Waals surface area contributed by atoms with Crippen LogP contribution in [-0.2, 0) is 19.6 Å². The van der Waals surface area contributed by atoms with Gasteiger partial charge in [-0.25, -0.2) is 8.42 Å². The Labute approximate surface area is 206 Å². The van der Waals surface area contributed by atoms with Crippen LogP contribution in [0.25, 0.3) is 0 Å². The molecule has 1 aromatic rings. The van der Waals surface area contributed by atoms with Gasteiger partial charge in [0.25, 0.3) is 0 Å². The smallest absolute Gasteiger partial charge is 0.242 e. The van der Waals surface area contributed by atoms with Crippen molar-refractivity contribution in [3.63, 3.8) is 0 Å². The second kappa shape index (κ2) is 8.57. The number of aliphatic hydroxyl groups excluding tert-OH is 1. The van der Waals surface area contributed by atoms with Crippen LogP contribution >= 0.6 is 11.6 Å². The third-order valence-corrected chi connectivity index (χ3v) is 10.8. The Morgan fingerprint density at radius 2 is 1.76 bits per heavy atom. The number of aliphatic hydroxyl groups is 1. The Balaban J connectivity index is 1.37. The normalized spacial score (nSPS) is 33.4. The van der Waals surface area contributed by atoms with Crippen LogP contribution in [0, 0.1) is 22.7 Å². The molecule has 34 heavy (non-hydrogen) atoms. The third-order valence-electron chi connectivity index (χ3n) is 8.79. The number of Topliss-reactive ketones (excluding diaryl/α,β-unsaturated/α-hetero) is 1. The highest BCUT2D eigenvalue weighted by atomic mass is 35.5. The molecule has 0 radical (unpaired) electrons. The van der Waals surface area contributed by atoms with Gasteiger partial charge in [-0.15, -0.1) is 0 Å². The summed E-state index contributed by atoms with van der Waals surface area (Å²) in [5, 5.41) is 12.2. The molecule has 5 fully saturated rings. The number of nitrogens with one attached hydrogen (secondary N) is 2. The van der Waals surface area contributed by atoms with Gasteiger partial charge in [-0.05, 0) is 87.2 Å². The van der Waals surface area contributed by atoms with Crippen LogP contribution in [0.5, 0.6) is 0 Å². The average molecular weight is 509 g/mol. The minimum absolute atomic E-state index is 0.00486. The van der Waals surface area contributed by atoms with E-state index in [1.54, 1.807) is 12.1 Å². The van der Waals surface area contributed by atoms with E-state index in [2.05, 4.69) is 10.0 Å². The molecule has 186 valence electrons. The maximum atomic E-state index is 13.8. The Hall–Kier alpha value is -1.48. The number of halogens is 1. The number of carbonyl (C=O) groups is 2. The molecule has 9 heteroatoms. The number of ketones is 1. The van der Waals surface area contributed by atoms with E-state index in [0.717, 1.165) is 38.5 Å². The molecular formula is C25H33ClN2O5S. The minimum atomic E-state index is -3.95. The molecule has 5 saturated carbocycles. The fraction of sp³-hybridized carbons (Fsp3) is 0.680. The predicted molar refractivity (Wildman–Crippen MR) is 128 cm³/mol. The Morgan fingerprint density at radius 3 is 2.35 bits per heavy atom. The summed E-state index contributed by atoms with van der Waals surface area (Å²) in [7, 11) is -3.95. The molecule has 3 N–H and O–H groups in total. The fourth-order valence-electron chi connectivity index (χ4n) is 7.73. The van der Waals surface area contributed by atoms with Crippen LogP contribution in [0.4, 0.5) is 0 Å². The summed E-state index contributed by atoms with van der Waals surface area (Å²) in [4.78, 5) is 26.9. The first-order valence-electron chi connectivity index (χ1n) is 12.3. The summed E-state index contributed by atoms with van der Waals surface area (Å²) in [5.41, 5.74) is -1.81. The van der Waals surface area contributed by atoms with E-state index in [1.807, 2.05) is 0 Å². The van der Waals surface area contributed by atoms with Crippen LogP contribution in [0.15, 0.2) is 29.2 Å². The highest BCUT2D eigenvalue weighted by molar-refractivity contribution is 7.89. The number of amides is 1. The Bertz CT molecular complexity index is 1090. The van der Waals surface area contributed by atoms with Crippen LogP contribution in [0.1, 0.15) is 64.2 Å². The van der Waals surface area contributed by atoms with Gasteiger partial charge in [0.05, 0.1) is 22.6 Å². The predicted octanol–water partition coefficient (Wildman–Crippen LogP) is 3.20. The quantitative estimate of drug-likeness (QED) is 0.474. The van der Waals surface area contributed by atoms with E-state index in [0.29, 0.717) is 37.5 Å². The highest BCUT2D eigenvalue weighted by Gasteiger charge is 2.62. The lowest BCUT2D eigenvalue weighted by Gasteiger charge is -2.61. The van der Waals surface area contributed by atoms with Crippen molar-refractivity contribution in [3.8, 4) is 0 Å². The van der Waals surface area contributed by atoms with Gasteiger partial charge in [0.2, 0.25) is 15.9 Å². The minimum Gasteiger partial charge on any atom is -0.395 e. The fourth-order valence-corrected chi connectivity index (χ4v) is 9.70. The molecule has 5 aliphatic rings. The van der Waals surface area contributed by atoms with Gasteiger partial charge >= 0.3 is 0 Å². The number of carbonyl (C=O) groups excluding carboxylic acids is 2. The molecule has 0 saturated heterocycles. The van der Waals surface area contributed by atoms with E-state index in [9.17, 15) is 18.0 Å². The van der Waals surface area contributed by atoms with E-state index in [1.165, 1.54) is 12.1 Å². The van der Waals surface area contributed by atoms with E-state index in [-0.39, 0.29) is 40.2 Å². The zero-order chi connectivity index (χ0) is 24.2. The molecule has 1 amide bonds. The van der Waals surface area contributed by atoms with Crippen molar-refractivity contribution in [1.29, 1.82) is 0 Å². The van der Waals surface area contributed by atoms with Crippen molar-refractivity contribution in [3.05, 3.63) is 29.3 Å². The number of hydrogen-bond donors (Lipinski definition) is 3. The average Bonchev–Trinajstić information content (AvgIpc) is 2.73. The van der Waals surface area contributed by atoms with Crippen LogP contribution < -0.4 is 10.0 Å². The molecule has 6 rings (SSSR count). The number of rotatable bonds is 9. The first kappa shape index (κ1) is 24.2. The molecule has 2 unspecified atom stereocenters. The van der Waals surface area contributed by atoms with Crippen molar-refractivity contribution >= 4 is 33.3 Å². The molecular weight excluding hydrogens is 476 g/mol. The van der Waals surface area contributed by atoms with Gasteiger partial charge in [-0.2, -0.15) is 4.72 Å². The van der Waals surface area contributed by atoms with Crippen LogP contribution in [0.3, 0.4) is 0 Å². The zero-order valence-corrected chi connectivity index (χ0v) is 20.9. The Kier molecular flexibility index (Phi) is 6.11. The number of benzene rings is 1. The molecule has 1 aromatic carbocycles. The summed E-state index contributed by atoms with van der Waals surface area (Å²) in [5.74, 6) is 0.796. The summed E-state index contributed by atoms with van der Waals surface area (Å²) >= 11 is 6.15. The topological polar surface area (TPSA) is 113 Å².